The number of halogens is 4. The maximum absolute atomic E-state index is 12.8. The van der Waals surface area contributed by atoms with Gasteiger partial charge in [0.2, 0.25) is 0 Å². The van der Waals surface area contributed by atoms with E-state index < -0.39 is 18.9 Å². The number of rotatable bonds is 2. The lowest BCUT2D eigenvalue weighted by molar-refractivity contribution is -0.162. The number of piperazine rings is 1. The average Bonchev–Trinajstić information content (AvgIpc) is 2.45. The number of benzene rings is 1. The third-order valence-electron chi connectivity index (χ3n) is 3.09. The van der Waals surface area contributed by atoms with E-state index in [-0.39, 0.29) is 18.9 Å². The number of nitrogens with zero attached hydrogens (tertiary/aromatic N) is 2. The Balaban J connectivity index is 1.82. The zero-order valence-electron chi connectivity index (χ0n) is 11.1. The molecule has 0 spiro atoms. The van der Waals surface area contributed by atoms with Crippen molar-refractivity contribution >= 4 is 11.8 Å². The first-order valence-electron chi connectivity index (χ1n) is 6.34. The molecule has 1 aromatic rings. The molecule has 1 saturated heterocycles. The number of amides is 1. The highest BCUT2D eigenvalue weighted by Crippen LogP contribution is 2.18. The normalized spacial score (nSPS) is 16.0. The van der Waals surface area contributed by atoms with E-state index in [0.29, 0.717) is 13.1 Å². The topological polar surface area (TPSA) is 32.8 Å². The SMILES string of the molecule is O=C(OCC(F)(F)F)N1CCN(c2ccc(F)cc2)CC1. The Morgan fingerprint density at radius 3 is 2.19 bits per heavy atom. The fourth-order valence-electron chi connectivity index (χ4n) is 2.03. The molecule has 0 aromatic heterocycles. The second kappa shape index (κ2) is 6.19. The van der Waals surface area contributed by atoms with Gasteiger partial charge in [0.05, 0.1) is 0 Å². The maximum atomic E-state index is 12.8. The lowest BCUT2D eigenvalue weighted by Gasteiger charge is -2.35. The van der Waals surface area contributed by atoms with Crippen LogP contribution in [0.3, 0.4) is 0 Å². The molecule has 116 valence electrons. The minimum absolute atomic E-state index is 0.258. The number of hydrogen-bond acceptors (Lipinski definition) is 3. The first-order chi connectivity index (χ1) is 9.85. The number of alkyl halides is 3. The van der Waals surface area contributed by atoms with Gasteiger partial charge in [-0.05, 0) is 24.3 Å². The third kappa shape index (κ3) is 4.51. The van der Waals surface area contributed by atoms with Crippen LogP contribution in [-0.2, 0) is 4.74 Å². The monoisotopic (exact) mass is 306 g/mol. The van der Waals surface area contributed by atoms with Gasteiger partial charge in [-0.15, -0.1) is 0 Å². The molecule has 0 radical (unpaired) electrons. The summed E-state index contributed by atoms with van der Waals surface area (Å²) in [6, 6.07) is 5.90. The lowest BCUT2D eigenvalue weighted by Crippen LogP contribution is -2.49. The van der Waals surface area contributed by atoms with E-state index in [9.17, 15) is 22.4 Å². The number of ether oxygens (including phenoxy) is 1. The lowest BCUT2D eigenvalue weighted by atomic mass is 10.2. The number of anilines is 1. The summed E-state index contributed by atoms with van der Waals surface area (Å²) in [7, 11) is 0. The summed E-state index contributed by atoms with van der Waals surface area (Å²) in [5.41, 5.74) is 0.805. The smallest absolute Gasteiger partial charge is 0.422 e. The molecule has 1 fully saturated rings. The van der Waals surface area contributed by atoms with Crippen molar-refractivity contribution in [2.45, 2.75) is 6.18 Å². The zero-order chi connectivity index (χ0) is 15.5. The minimum Gasteiger partial charge on any atom is -0.440 e. The van der Waals surface area contributed by atoms with Gasteiger partial charge in [0.15, 0.2) is 6.61 Å². The molecule has 1 aromatic carbocycles. The summed E-state index contributed by atoms with van der Waals surface area (Å²) in [6.07, 6.45) is -5.49. The molecule has 2 rings (SSSR count). The predicted octanol–water partition coefficient (Wildman–Crippen LogP) is 2.65. The number of carbonyl (C=O) groups excluding carboxylic acids is 1. The van der Waals surface area contributed by atoms with Crippen LogP contribution in [0.2, 0.25) is 0 Å². The summed E-state index contributed by atoms with van der Waals surface area (Å²) in [5.74, 6) is -0.340. The fourth-order valence-corrected chi connectivity index (χ4v) is 2.03. The van der Waals surface area contributed by atoms with Crippen molar-refractivity contribution < 1.29 is 27.1 Å². The molecule has 1 aliphatic rings. The zero-order valence-corrected chi connectivity index (χ0v) is 11.1. The van der Waals surface area contributed by atoms with Crippen LogP contribution in [0.25, 0.3) is 0 Å². The summed E-state index contributed by atoms with van der Waals surface area (Å²) >= 11 is 0. The molecule has 21 heavy (non-hydrogen) atoms. The molecule has 1 aliphatic heterocycles. The van der Waals surface area contributed by atoms with Crippen molar-refractivity contribution in [2.24, 2.45) is 0 Å². The van der Waals surface area contributed by atoms with E-state index >= 15 is 0 Å². The highest BCUT2D eigenvalue weighted by molar-refractivity contribution is 5.68. The Morgan fingerprint density at radius 2 is 1.67 bits per heavy atom. The molecule has 1 heterocycles. The molecule has 8 heteroatoms. The molecule has 0 aliphatic carbocycles. The Morgan fingerprint density at radius 1 is 1.10 bits per heavy atom. The Bertz CT molecular complexity index is 482. The molecule has 0 atom stereocenters. The van der Waals surface area contributed by atoms with Gasteiger partial charge in [-0.3, -0.25) is 0 Å². The van der Waals surface area contributed by atoms with Crippen LogP contribution in [0.15, 0.2) is 24.3 Å². The molecule has 0 bridgehead atoms. The van der Waals surface area contributed by atoms with Gasteiger partial charge in [-0.25, -0.2) is 9.18 Å². The van der Waals surface area contributed by atoms with Crippen molar-refractivity contribution in [1.82, 2.24) is 4.90 Å². The average molecular weight is 306 g/mol. The van der Waals surface area contributed by atoms with Crippen molar-refractivity contribution in [3.05, 3.63) is 30.1 Å². The Labute approximate surface area is 118 Å². The van der Waals surface area contributed by atoms with Crippen LogP contribution >= 0.6 is 0 Å². The molecule has 4 nitrogen and oxygen atoms in total. The van der Waals surface area contributed by atoms with Gasteiger partial charge in [0.25, 0.3) is 0 Å². The van der Waals surface area contributed by atoms with E-state index in [2.05, 4.69) is 4.74 Å². The quantitative estimate of drug-likeness (QED) is 0.788. The van der Waals surface area contributed by atoms with E-state index in [4.69, 9.17) is 0 Å². The van der Waals surface area contributed by atoms with E-state index in [1.54, 1.807) is 12.1 Å². The minimum atomic E-state index is -4.52. The van der Waals surface area contributed by atoms with Gasteiger partial charge in [-0.2, -0.15) is 13.2 Å². The van der Waals surface area contributed by atoms with Gasteiger partial charge < -0.3 is 14.5 Å². The molecular formula is C13H14F4N2O2. The van der Waals surface area contributed by atoms with Crippen LogP contribution in [0, 0.1) is 5.82 Å². The number of carbonyl (C=O) groups is 1. The van der Waals surface area contributed by atoms with E-state index in [1.165, 1.54) is 17.0 Å². The largest absolute Gasteiger partial charge is 0.440 e. The van der Waals surface area contributed by atoms with Crippen LogP contribution in [-0.4, -0.2) is 50.0 Å². The van der Waals surface area contributed by atoms with Crippen LogP contribution < -0.4 is 4.90 Å². The van der Waals surface area contributed by atoms with Gasteiger partial charge >= 0.3 is 12.3 Å². The second-order valence-electron chi connectivity index (χ2n) is 4.62. The predicted molar refractivity (Wildman–Crippen MR) is 67.6 cm³/mol. The van der Waals surface area contributed by atoms with Gasteiger partial charge in [-0.1, -0.05) is 0 Å². The fraction of sp³-hybridized carbons (Fsp3) is 0.462. The summed E-state index contributed by atoms with van der Waals surface area (Å²) in [5, 5.41) is 0. The Kier molecular flexibility index (Phi) is 4.54. The molecule has 1 amide bonds. The highest BCUT2D eigenvalue weighted by atomic mass is 19.4. The maximum Gasteiger partial charge on any atom is 0.422 e. The molecule has 0 unspecified atom stereocenters. The first-order valence-corrected chi connectivity index (χ1v) is 6.34. The highest BCUT2D eigenvalue weighted by Gasteiger charge is 2.31. The molecule has 0 N–H and O–H groups in total. The van der Waals surface area contributed by atoms with Crippen molar-refractivity contribution in [3.8, 4) is 0 Å². The second-order valence-corrected chi connectivity index (χ2v) is 4.62. The van der Waals surface area contributed by atoms with Crippen LogP contribution in [0.4, 0.5) is 28.0 Å². The first kappa shape index (κ1) is 15.4. The summed E-state index contributed by atoms with van der Waals surface area (Å²) in [4.78, 5) is 14.6. The Hall–Kier alpha value is -1.99. The van der Waals surface area contributed by atoms with Crippen molar-refractivity contribution in [1.29, 1.82) is 0 Å². The van der Waals surface area contributed by atoms with Crippen molar-refractivity contribution in [2.75, 3.05) is 37.7 Å². The van der Waals surface area contributed by atoms with E-state index in [1.807, 2.05) is 4.90 Å². The molecule has 0 saturated carbocycles. The van der Waals surface area contributed by atoms with Crippen molar-refractivity contribution in [3.63, 3.8) is 0 Å². The van der Waals surface area contributed by atoms with Crippen LogP contribution in [0.1, 0.15) is 0 Å². The van der Waals surface area contributed by atoms with Crippen LogP contribution in [0.5, 0.6) is 0 Å². The third-order valence-corrected chi connectivity index (χ3v) is 3.09. The summed E-state index contributed by atoms with van der Waals surface area (Å²) < 4.78 is 52.9. The molecular weight excluding hydrogens is 292 g/mol. The number of hydrogen-bond donors (Lipinski definition) is 0. The van der Waals surface area contributed by atoms with Gasteiger partial charge in [0, 0.05) is 31.9 Å². The van der Waals surface area contributed by atoms with E-state index in [0.717, 1.165) is 5.69 Å². The van der Waals surface area contributed by atoms with Gasteiger partial charge in [0.1, 0.15) is 5.82 Å². The summed E-state index contributed by atoms with van der Waals surface area (Å²) in [6.45, 7) is -0.161. The standard InChI is InChI=1S/C13H14F4N2O2/c14-10-1-3-11(4-2-10)18-5-7-19(8-6-18)12(20)21-9-13(15,16)17/h1-4H,5-9H2.